The highest BCUT2D eigenvalue weighted by Crippen LogP contribution is 2.30. The zero-order valence-electron chi connectivity index (χ0n) is 8.98. The Morgan fingerprint density at radius 3 is 2.94 bits per heavy atom. The van der Waals surface area contributed by atoms with Crippen LogP contribution >= 0.6 is 0 Å². The maximum Gasteiger partial charge on any atom is 0.250 e. The van der Waals surface area contributed by atoms with Gasteiger partial charge in [0.05, 0.1) is 17.2 Å². The minimum Gasteiger partial charge on any atom is -0.366 e. The lowest BCUT2D eigenvalue weighted by Gasteiger charge is -2.21. The summed E-state index contributed by atoms with van der Waals surface area (Å²) in [5.74, 6) is -0.577. The van der Waals surface area contributed by atoms with E-state index in [1.54, 1.807) is 18.3 Å². The molecule has 0 saturated heterocycles. The average Bonchev–Trinajstić information content (AvgIpc) is 2.29. The van der Waals surface area contributed by atoms with Crippen molar-refractivity contribution in [2.75, 3.05) is 0 Å². The zero-order chi connectivity index (χ0) is 11.5. The summed E-state index contributed by atoms with van der Waals surface area (Å²) in [5.41, 5.74) is 6.21. The largest absolute Gasteiger partial charge is 0.366 e. The van der Waals surface area contributed by atoms with Crippen molar-refractivity contribution in [1.82, 2.24) is 4.98 Å². The van der Waals surface area contributed by atoms with Gasteiger partial charge in [0.15, 0.2) is 0 Å². The molecular formula is C12H14N2O2. The van der Waals surface area contributed by atoms with E-state index in [2.05, 4.69) is 4.98 Å². The third kappa shape index (κ3) is 1.96. The number of carbonyl (C=O) groups is 2. The van der Waals surface area contributed by atoms with Crippen LogP contribution in [-0.2, 0) is 4.79 Å². The highest BCUT2D eigenvalue weighted by atomic mass is 16.1. The second-order valence-corrected chi connectivity index (χ2v) is 4.07. The van der Waals surface area contributed by atoms with Gasteiger partial charge in [0.25, 0.3) is 5.91 Å². The van der Waals surface area contributed by atoms with Crippen molar-refractivity contribution >= 4 is 11.7 Å². The quantitative estimate of drug-likeness (QED) is 0.815. The Morgan fingerprint density at radius 1 is 1.44 bits per heavy atom. The van der Waals surface area contributed by atoms with Gasteiger partial charge in [-0.25, -0.2) is 0 Å². The lowest BCUT2D eigenvalue weighted by molar-refractivity contribution is -0.121. The molecule has 2 rings (SSSR count). The first-order chi connectivity index (χ1) is 7.70. The number of amides is 1. The Balaban J connectivity index is 2.38. The number of Topliss-reactive ketones (excluding diaryl/α,β-unsaturated/α-hetero) is 1. The van der Waals surface area contributed by atoms with Gasteiger partial charge in [-0.2, -0.15) is 0 Å². The molecule has 1 heterocycles. The molecule has 4 nitrogen and oxygen atoms in total. The van der Waals surface area contributed by atoms with Crippen LogP contribution in [0, 0.1) is 0 Å². The Bertz CT molecular complexity index is 429. The molecule has 2 N–H and O–H groups in total. The molecule has 1 aromatic heterocycles. The number of hydrogen-bond acceptors (Lipinski definition) is 3. The molecule has 16 heavy (non-hydrogen) atoms. The van der Waals surface area contributed by atoms with Gasteiger partial charge >= 0.3 is 0 Å². The molecule has 1 amide bonds. The monoisotopic (exact) mass is 218 g/mol. The predicted octanol–water partition coefficient (Wildman–Crippen LogP) is 1.41. The number of nitrogens with two attached hydrogens (primary N) is 1. The molecule has 0 aromatic carbocycles. The number of pyridine rings is 1. The summed E-state index contributed by atoms with van der Waals surface area (Å²) in [7, 11) is 0. The van der Waals surface area contributed by atoms with Crippen molar-refractivity contribution in [2.24, 2.45) is 5.73 Å². The van der Waals surface area contributed by atoms with Gasteiger partial charge < -0.3 is 5.73 Å². The van der Waals surface area contributed by atoms with Crippen molar-refractivity contribution in [2.45, 2.75) is 31.6 Å². The molecule has 1 aliphatic carbocycles. The minimum atomic E-state index is -0.513. The van der Waals surface area contributed by atoms with E-state index in [1.807, 2.05) is 0 Å². The van der Waals surface area contributed by atoms with Gasteiger partial charge in [-0.1, -0.05) is 6.42 Å². The average molecular weight is 218 g/mol. The Kier molecular flexibility index (Phi) is 2.99. The Morgan fingerprint density at radius 2 is 2.25 bits per heavy atom. The zero-order valence-corrected chi connectivity index (χ0v) is 8.98. The van der Waals surface area contributed by atoms with Gasteiger partial charge in [0.2, 0.25) is 0 Å². The van der Waals surface area contributed by atoms with E-state index in [4.69, 9.17) is 5.73 Å². The summed E-state index contributed by atoms with van der Waals surface area (Å²) in [6.07, 6.45) is 4.90. The van der Waals surface area contributed by atoms with Crippen molar-refractivity contribution in [3.63, 3.8) is 0 Å². The molecule has 0 unspecified atom stereocenters. The highest BCUT2D eigenvalue weighted by molar-refractivity contribution is 5.96. The molecule has 0 aliphatic heterocycles. The lowest BCUT2D eigenvalue weighted by Crippen LogP contribution is -2.23. The molecule has 84 valence electrons. The fraction of sp³-hybridized carbons (Fsp3) is 0.417. The third-order valence-corrected chi connectivity index (χ3v) is 2.99. The van der Waals surface area contributed by atoms with Gasteiger partial charge in [-0.3, -0.25) is 14.6 Å². The van der Waals surface area contributed by atoms with Crippen LogP contribution in [0.5, 0.6) is 0 Å². The molecule has 0 radical (unpaired) electrons. The number of nitrogens with zero attached hydrogens (tertiary/aromatic N) is 1. The van der Waals surface area contributed by atoms with Crippen molar-refractivity contribution < 1.29 is 9.59 Å². The van der Waals surface area contributed by atoms with Crippen LogP contribution < -0.4 is 5.73 Å². The molecular weight excluding hydrogens is 204 g/mol. The number of aromatic nitrogens is 1. The van der Waals surface area contributed by atoms with E-state index in [1.165, 1.54) is 0 Å². The first kappa shape index (κ1) is 10.8. The van der Waals surface area contributed by atoms with Crippen LogP contribution in [0.15, 0.2) is 18.3 Å². The second-order valence-electron chi connectivity index (χ2n) is 4.07. The van der Waals surface area contributed by atoms with E-state index in [-0.39, 0.29) is 11.7 Å². The third-order valence-electron chi connectivity index (χ3n) is 2.99. The number of rotatable bonds is 2. The van der Waals surface area contributed by atoms with E-state index in [0.717, 1.165) is 19.3 Å². The summed E-state index contributed by atoms with van der Waals surface area (Å²) >= 11 is 0. The molecule has 4 heteroatoms. The van der Waals surface area contributed by atoms with Gasteiger partial charge in [0.1, 0.15) is 5.78 Å². The van der Waals surface area contributed by atoms with Gasteiger partial charge in [-0.15, -0.1) is 0 Å². The smallest absolute Gasteiger partial charge is 0.250 e. The topological polar surface area (TPSA) is 73.1 Å². The minimum absolute atomic E-state index is 0.174. The van der Waals surface area contributed by atoms with E-state index in [0.29, 0.717) is 17.7 Å². The summed E-state index contributed by atoms with van der Waals surface area (Å²) in [6, 6.07) is 3.30. The molecule has 1 aliphatic rings. The summed E-state index contributed by atoms with van der Waals surface area (Å²) in [5, 5.41) is 0. The maximum absolute atomic E-state index is 11.8. The van der Waals surface area contributed by atoms with E-state index in [9.17, 15) is 9.59 Å². The number of hydrogen-bond donors (Lipinski definition) is 1. The van der Waals surface area contributed by atoms with Crippen molar-refractivity contribution in [3.05, 3.63) is 29.6 Å². The Labute approximate surface area is 93.9 Å². The standard InChI is InChI=1S/C12H14N2O2/c13-12(16)9-5-3-7-14-11(9)8-4-1-2-6-10(8)15/h3,5,7-8H,1-2,4,6H2,(H2,13,16)/t8-/m1/s1. The van der Waals surface area contributed by atoms with Crippen LogP contribution in [0.1, 0.15) is 47.7 Å². The summed E-state index contributed by atoms with van der Waals surface area (Å²) in [6.45, 7) is 0. The molecule has 0 bridgehead atoms. The molecule has 1 fully saturated rings. The van der Waals surface area contributed by atoms with Crippen LogP contribution in [0.4, 0.5) is 0 Å². The van der Waals surface area contributed by atoms with Crippen molar-refractivity contribution in [3.8, 4) is 0 Å². The number of ketones is 1. The van der Waals surface area contributed by atoms with Crippen LogP contribution in [0.3, 0.4) is 0 Å². The van der Waals surface area contributed by atoms with Crippen molar-refractivity contribution in [1.29, 1.82) is 0 Å². The first-order valence-electron chi connectivity index (χ1n) is 5.47. The number of carbonyl (C=O) groups excluding carboxylic acids is 2. The van der Waals surface area contributed by atoms with Crippen LogP contribution in [-0.4, -0.2) is 16.7 Å². The summed E-state index contributed by atoms with van der Waals surface area (Å²) < 4.78 is 0. The van der Waals surface area contributed by atoms with Crippen LogP contribution in [0.25, 0.3) is 0 Å². The van der Waals surface area contributed by atoms with Gasteiger partial charge in [-0.05, 0) is 25.0 Å². The van der Waals surface area contributed by atoms with Crippen LogP contribution in [0.2, 0.25) is 0 Å². The highest BCUT2D eigenvalue weighted by Gasteiger charge is 2.27. The fourth-order valence-corrected chi connectivity index (χ4v) is 2.18. The fourth-order valence-electron chi connectivity index (χ4n) is 2.18. The van der Waals surface area contributed by atoms with Gasteiger partial charge in [0, 0.05) is 12.6 Å². The SMILES string of the molecule is NC(=O)c1cccnc1[C@@H]1CCCCC1=O. The second kappa shape index (κ2) is 4.43. The summed E-state index contributed by atoms with van der Waals surface area (Å²) in [4.78, 5) is 27.2. The lowest BCUT2D eigenvalue weighted by atomic mass is 9.84. The first-order valence-corrected chi connectivity index (χ1v) is 5.47. The van der Waals surface area contributed by atoms with E-state index >= 15 is 0 Å². The molecule has 0 spiro atoms. The predicted molar refractivity (Wildman–Crippen MR) is 59.0 cm³/mol. The Hall–Kier alpha value is -1.71. The van der Waals surface area contributed by atoms with E-state index < -0.39 is 5.91 Å². The molecule has 1 aromatic rings. The number of primary amides is 1. The molecule has 1 atom stereocenters. The maximum atomic E-state index is 11.8. The normalized spacial score (nSPS) is 20.8. The molecule has 1 saturated carbocycles.